The predicted molar refractivity (Wildman–Crippen MR) is 82.4 cm³/mol. The highest BCUT2D eigenvalue weighted by Gasteiger charge is 2.10. The van der Waals surface area contributed by atoms with Crippen LogP contribution in [0.4, 0.5) is 0 Å². The van der Waals surface area contributed by atoms with Crippen molar-refractivity contribution in [1.29, 1.82) is 0 Å². The minimum Gasteiger partial charge on any atom is -0.326 e. The second-order valence-electron chi connectivity index (χ2n) is 4.52. The van der Waals surface area contributed by atoms with Crippen LogP contribution in [0.3, 0.4) is 0 Å². The minimum absolute atomic E-state index is 0.140. The molecule has 0 aliphatic carbocycles. The van der Waals surface area contributed by atoms with Gasteiger partial charge in [0, 0.05) is 24.5 Å². The first kappa shape index (κ1) is 15.2. The standard InChI is InChI=1S/C15H16N2O3S/c16-10-14-5-3-13(4-6-14)2-1-9-21(19,20)17-8-7-15(11-17)12-18/h1-8,11-12H,9-10,16H2. The average Bonchev–Trinajstić information content (AvgIpc) is 2.98. The first-order chi connectivity index (χ1) is 10.0. The zero-order valence-corrected chi connectivity index (χ0v) is 12.2. The summed E-state index contributed by atoms with van der Waals surface area (Å²) in [6, 6.07) is 9.02. The highest BCUT2D eigenvalue weighted by molar-refractivity contribution is 7.90. The van der Waals surface area contributed by atoms with E-state index in [1.165, 1.54) is 18.5 Å². The smallest absolute Gasteiger partial charge is 0.242 e. The summed E-state index contributed by atoms with van der Waals surface area (Å²) in [7, 11) is -3.48. The third-order valence-electron chi connectivity index (χ3n) is 2.98. The lowest BCUT2D eigenvalue weighted by molar-refractivity contribution is 0.112. The molecule has 1 aromatic heterocycles. The van der Waals surface area contributed by atoms with E-state index in [1.54, 1.807) is 12.2 Å². The third-order valence-corrected chi connectivity index (χ3v) is 4.46. The van der Waals surface area contributed by atoms with E-state index < -0.39 is 10.0 Å². The first-order valence-corrected chi connectivity index (χ1v) is 7.98. The van der Waals surface area contributed by atoms with Crippen molar-refractivity contribution in [3.05, 3.63) is 65.5 Å². The van der Waals surface area contributed by atoms with Gasteiger partial charge in [-0.15, -0.1) is 0 Å². The van der Waals surface area contributed by atoms with Crippen LogP contribution in [0.2, 0.25) is 0 Å². The molecule has 0 saturated carbocycles. The van der Waals surface area contributed by atoms with Gasteiger partial charge in [-0.1, -0.05) is 36.4 Å². The van der Waals surface area contributed by atoms with Crippen LogP contribution in [-0.4, -0.2) is 24.4 Å². The maximum atomic E-state index is 12.0. The predicted octanol–water partition coefficient (Wildman–Crippen LogP) is 1.65. The fourth-order valence-electron chi connectivity index (χ4n) is 1.79. The molecule has 0 spiro atoms. The molecule has 0 radical (unpaired) electrons. The zero-order chi connectivity index (χ0) is 15.3. The number of rotatable bonds is 6. The van der Waals surface area contributed by atoms with E-state index in [1.807, 2.05) is 24.3 Å². The molecule has 1 aromatic carbocycles. The van der Waals surface area contributed by atoms with Gasteiger partial charge in [-0.3, -0.25) is 8.77 Å². The van der Waals surface area contributed by atoms with E-state index in [0.717, 1.165) is 15.1 Å². The van der Waals surface area contributed by atoms with Crippen molar-refractivity contribution in [3.8, 4) is 0 Å². The highest BCUT2D eigenvalue weighted by atomic mass is 32.2. The molecule has 2 N–H and O–H groups in total. The molecule has 0 amide bonds. The minimum atomic E-state index is -3.48. The summed E-state index contributed by atoms with van der Waals surface area (Å²) < 4.78 is 25.1. The lowest BCUT2D eigenvalue weighted by atomic mass is 10.1. The van der Waals surface area contributed by atoms with Crippen LogP contribution in [0.5, 0.6) is 0 Å². The number of carbonyl (C=O) groups is 1. The maximum absolute atomic E-state index is 12.0. The van der Waals surface area contributed by atoms with Gasteiger partial charge in [-0.2, -0.15) is 0 Å². The molecule has 2 rings (SSSR count). The van der Waals surface area contributed by atoms with Crippen LogP contribution < -0.4 is 5.73 Å². The molecule has 21 heavy (non-hydrogen) atoms. The number of carbonyl (C=O) groups excluding carboxylic acids is 1. The van der Waals surface area contributed by atoms with Gasteiger partial charge in [-0.05, 0) is 17.2 Å². The molecule has 5 nitrogen and oxygen atoms in total. The topological polar surface area (TPSA) is 82.2 Å². The molecule has 0 saturated heterocycles. The van der Waals surface area contributed by atoms with E-state index >= 15 is 0 Å². The molecular formula is C15H16N2O3S. The average molecular weight is 304 g/mol. The van der Waals surface area contributed by atoms with Crippen molar-refractivity contribution < 1.29 is 13.2 Å². The number of aldehydes is 1. The fraction of sp³-hybridized carbons (Fsp3) is 0.133. The Balaban J connectivity index is 2.06. The first-order valence-electron chi connectivity index (χ1n) is 6.37. The molecule has 1 heterocycles. The highest BCUT2D eigenvalue weighted by Crippen LogP contribution is 2.08. The number of nitrogens with zero attached hydrogens (tertiary/aromatic N) is 1. The summed E-state index contributed by atoms with van der Waals surface area (Å²) in [6.07, 6.45) is 6.59. The van der Waals surface area contributed by atoms with Crippen LogP contribution in [0.25, 0.3) is 6.08 Å². The van der Waals surface area contributed by atoms with Gasteiger partial charge in [0.2, 0.25) is 10.0 Å². The van der Waals surface area contributed by atoms with Gasteiger partial charge in [0.25, 0.3) is 0 Å². The third kappa shape index (κ3) is 3.90. The van der Waals surface area contributed by atoms with Crippen LogP contribution in [0, 0.1) is 0 Å². The summed E-state index contributed by atoms with van der Waals surface area (Å²) in [5.41, 5.74) is 7.77. The largest absolute Gasteiger partial charge is 0.326 e. The fourth-order valence-corrected chi connectivity index (χ4v) is 2.83. The van der Waals surface area contributed by atoms with Gasteiger partial charge in [0.05, 0.1) is 5.75 Å². The second kappa shape index (κ2) is 6.51. The maximum Gasteiger partial charge on any atom is 0.242 e. The normalized spacial score (nSPS) is 11.9. The summed E-state index contributed by atoms with van der Waals surface area (Å²) in [6.45, 7) is 0.477. The monoisotopic (exact) mass is 304 g/mol. The Bertz CT molecular complexity index is 743. The number of benzene rings is 1. The number of hydrogen-bond acceptors (Lipinski definition) is 4. The Morgan fingerprint density at radius 1 is 1.10 bits per heavy atom. The van der Waals surface area contributed by atoms with Gasteiger partial charge in [0.15, 0.2) is 6.29 Å². The van der Waals surface area contributed by atoms with Crippen molar-refractivity contribution in [2.24, 2.45) is 5.73 Å². The number of hydrogen-bond donors (Lipinski definition) is 1. The Kier molecular flexibility index (Phi) is 4.72. The van der Waals surface area contributed by atoms with Crippen LogP contribution in [-0.2, 0) is 16.6 Å². The van der Waals surface area contributed by atoms with Gasteiger partial charge >= 0.3 is 0 Å². The molecule has 110 valence electrons. The molecule has 0 fully saturated rings. The molecule has 6 heteroatoms. The van der Waals surface area contributed by atoms with Crippen molar-refractivity contribution in [1.82, 2.24) is 3.97 Å². The van der Waals surface area contributed by atoms with E-state index in [9.17, 15) is 13.2 Å². The van der Waals surface area contributed by atoms with E-state index in [4.69, 9.17) is 5.73 Å². The molecule has 0 bridgehead atoms. The SMILES string of the molecule is NCc1ccc(C=CCS(=O)(=O)n2ccc(C=O)c2)cc1. The Labute approximate surface area is 123 Å². The van der Waals surface area contributed by atoms with Crippen molar-refractivity contribution in [3.63, 3.8) is 0 Å². The molecule has 0 atom stereocenters. The quantitative estimate of drug-likeness (QED) is 0.823. The summed E-state index contributed by atoms with van der Waals surface area (Å²) in [5.74, 6) is -0.140. The van der Waals surface area contributed by atoms with E-state index in [-0.39, 0.29) is 5.75 Å². The van der Waals surface area contributed by atoms with Crippen LogP contribution in [0.1, 0.15) is 21.5 Å². The lowest BCUT2D eigenvalue weighted by Gasteiger charge is -2.02. The van der Waals surface area contributed by atoms with Crippen molar-refractivity contribution in [2.45, 2.75) is 6.54 Å². The van der Waals surface area contributed by atoms with Gasteiger partial charge in [-0.25, -0.2) is 8.42 Å². The Morgan fingerprint density at radius 2 is 1.81 bits per heavy atom. The van der Waals surface area contributed by atoms with E-state index in [0.29, 0.717) is 18.4 Å². The molecular weight excluding hydrogens is 288 g/mol. The molecule has 0 aliphatic heterocycles. The van der Waals surface area contributed by atoms with Gasteiger partial charge in [0.1, 0.15) is 0 Å². The summed E-state index contributed by atoms with van der Waals surface area (Å²) in [4.78, 5) is 10.6. The summed E-state index contributed by atoms with van der Waals surface area (Å²) in [5, 5.41) is 0. The number of aromatic nitrogens is 1. The van der Waals surface area contributed by atoms with Crippen molar-refractivity contribution in [2.75, 3.05) is 5.75 Å². The Morgan fingerprint density at radius 3 is 2.38 bits per heavy atom. The van der Waals surface area contributed by atoms with Crippen molar-refractivity contribution >= 4 is 22.4 Å². The molecule has 0 aliphatic rings. The number of nitrogens with two attached hydrogens (primary N) is 1. The zero-order valence-electron chi connectivity index (χ0n) is 11.3. The van der Waals surface area contributed by atoms with Gasteiger partial charge < -0.3 is 5.73 Å². The lowest BCUT2D eigenvalue weighted by Crippen LogP contribution is -2.13. The van der Waals surface area contributed by atoms with Crippen LogP contribution >= 0.6 is 0 Å². The van der Waals surface area contributed by atoms with E-state index in [2.05, 4.69) is 0 Å². The van der Waals surface area contributed by atoms with Crippen LogP contribution in [0.15, 0.2) is 48.8 Å². The molecule has 0 unspecified atom stereocenters. The molecule has 2 aromatic rings. The summed E-state index contributed by atoms with van der Waals surface area (Å²) >= 11 is 0. The second-order valence-corrected chi connectivity index (χ2v) is 6.44. The Hall–Kier alpha value is -2.18.